The predicted molar refractivity (Wildman–Crippen MR) is 97.3 cm³/mol. The zero-order valence-corrected chi connectivity index (χ0v) is 15.3. The number of fused-ring (bicyclic) bond motifs is 2. The van der Waals surface area contributed by atoms with Crippen molar-refractivity contribution in [3.05, 3.63) is 48.4 Å². The van der Waals surface area contributed by atoms with Crippen molar-refractivity contribution in [2.75, 3.05) is 19.9 Å². The van der Waals surface area contributed by atoms with E-state index in [9.17, 15) is 8.42 Å². The summed E-state index contributed by atoms with van der Waals surface area (Å²) < 4.78 is 44.2. The summed E-state index contributed by atoms with van der Waals surface area (Å²) in [6, 6.07) is 12.3. The predicted octanol–water partition coefficient (Wildman–Crippen LogP) is 3.12. The number of hydrogen-bond acceptors (Lipinski definition) is 6. The molecule has 1 fully saturated rings. The maximum Gasteiger partial charge on any atom is 0.243 e. The number of hydrogen-bond donors (Lipinski definition) is 0. The van der Waals surface area contributed by atoms with E-state index in [1.165, 1.54) is 10.4 Å². The van der Waals surface area contributed by atoms with Crippen LogP contribution in [-0.2, 0) is 10.0 Å². The lowest BCUT2D eigenvalue weighted by Gasteiger charge is -2.30. The number of sulfonamides is 1. The van der Waals surface area contributed by atoms with E-state index in [2.05, 4.69) is 4.98 Å². The third-order valence-corrected chi connectivity index (χ3v) is 6.89. The summed E-state index contributed by atoms with van der Waals surface area (Å²) in [4.78, 5) is 4.76. The molecule has 140 valence electrons. The zero-order chi connectivity index (χ0) is 18.4. The summed E-state index contributed by atoms with van der Waals surface area (Å²) in [5, 5.41) is 0. The van der Waals surface area contributed by atoms with Crippen molar-refractivity contribution >= 4 is 21.1 Å². The third-order valence-electron chi connectivity index (χ3n) is 5.03. The van der Waals surface area contributed by atoms with Gasteiger partial charge in [-0.1, -0.05) is 12.1 Å². The number of ether oxygens (including phenoxy) is 2. The molecule has 0 bridgehead atoms. The van der Waals surface area contributed by atoms with Crippen LogP contribution in [-0.4, -0.2) is 37.6 Å². The van der Waals surface area contributed by atoms with Gasteiger partial charge in [-0.2, -0.15) is 4.31 Å². The maximum absolute atomic E-state index is 13.1. The Bertz CT molecular complexity index is 1080. The van der Waals surface area contributed by atoms with Crippen LogP contribution < -0.4 is 9.47 Å². The van der Waals surface area contributed by atoms with Gasteiger partial charge >= 0.3 is 0 Å². The second kappa shape index (κ2) is 6.24. The molecule has 8 heteroatoms. The molecule has 1 atom stereocenters. The molecule has 0 saturated carbocycles. The first kappa shape index (κ1) is 16.6. The molecule has 0 N–H and O–H groups in total. The lowest BCUT2D eigenvalue weighted by molar-refractivity contribution is 0.174. The molecule has 7 nitrogen and oxygen atoms in total. The Morgan fingerprint density at radius 3 is 2.81 bits per heavy atom. The van der Waals surface area contributed by atoms with Gasteiger partial charge in [-0.15, -0.1) is 0 Å². The van der Waals surface area contributed by atoms with Crippen molar-refractivity contribution in [2.45, 2.75) is 23.7 Å². The minimum absolute atomic E-state index is 0.0602. The van der Waals surface area contributed by atoms with Crippen molar-refractivity contribution in [3.63, 3.8) is 0 Å². The molecule has 1 aromatic heterocycles. The lowest BCUT2D eigenvalue weighted by Crippen LogP contribution is -2.39. The minimum atomic E-state index is -3.63. The fourth-order valence-electron chi connectivity index (χ4n) is 3.61. The monoisotopic (exact) mass is 386 g/mol. The number of oxazole rings is 1. The Morgan fingerprint density at radius 2 is 1.93 bits per heavy atom. The molecule has 27 heavy (non-hydrogen) atoms. The summed E-state index contributed by atoms with van der Waals surface area (Å²) in [5.41, 5.74) is 1.52. The molecule has 1 saturated heterocycles. The number of aromatic nitrogens is 1. The van der Waals surface area contributed by atoms with Crippen LogP contribution in [0, 0.1) is 0 Å². The SMILES string of the molecule is O=S(=O)(c1ccc2c(c1)OCO2)N1CCC[C@H](c2nc3ccccc3o2)C1. The van der Waals surface area contributed by atoms with Crippen LogP contribution in [0.3, 0.4) is 0 Å². The van der Waals surface area contributed by atoms with Crippen molar-refractivity contribution < 1.29 is 22.3 Å². The summed E-state index contributed by atoms with van der Waals surface area (Å²) in [5.74, 6) is 1.57. The second-order valence-electron chi connectivity index (χ2n) is 6.74. The molecule has 0 aliphatic carbocycles. The normalized spacial score (nSPS) is 20.2. The standard InChI is InChI=1S/C19H18N2O5S/c22-27(23,14-7-8-17-18(10-14)25-12-24-17)21-9-3-4-13(11-21)19-20-15-5-1-2-6-16(15)26-19/h1-2,5-8,10,13H,3-4,9,11-12H2/t13-/m0/s1. The Hall–Kier alpha value is -2.58. The molecule has 0 spiro atoms. The molecular weight excluding hydrogens is 368 g/mol. The Labute approximate surface area is 156 Å². The van der Waals surface area contributed by atoms with Crippen molar-refractivity contribution in [1.82, 2.24) is 9.29 Å². The van der Waals surface area contributed by atoms with Crippen LogP contribution in [0.4, 0.5) is 0 Å². The minimum Gasteiger partial charge on any atom is -0.454 e. The van der Waals surface area contributed by atoms with Gasteiger partial charge in [0.1, 0.15) is 5.52 Å². The molecule has 2 aliphatic heterocycles. The van der Waals surface area contributed by atoms with Gasteiger partial charge in [-0.25, -0.2) is 13.4 Å². The molecule has 0 radical (unpaired) electrons. The van der Waals surface area contributed by atoms with E-state index in [0.29, 0.717) is 30.5 Å². The molecular formula is C19H18N2O5S. The van der Waals surface area contributed by atoms with Crippen LogP contribution in [0.2, 0.25) is 0 Å². The third kappa shape index (κ3) is 2.85. The van der Waals surface area contributed by atoms with E-state index in [1.807, 2.05) is 24.3 Å². The van der Waals surface area contributed by atoms with Crippen LogP contribution >= 0.6 is 0 Å². The van der Waals surface area contributed by atoms with Crippen LogP contribution in [0.15, 0.2) is 51.8 Å². The quantitative estimate of drug-likeness (QED) is 0.688. The summed E-state index contributed by atoms with van der Waals surface area (Å²) in [6.45, 7) is 0.944. The van der Waals surface area contributed by atoms with E-state index < -0.39 is 10.0 Å². The van der Waals surface area contributed by atoms with Gasteiger partial charge in [-0.3, -0.25) is 0 Å². The molecule has 0 amide bonds. The van der Waals surface area contributed by atoms with Crippen LogP contribution in [0.25, 0.3) is 11.1 Å². The number of piperidine rings is 1. The summed E-state index contributed by atoms with van der Waals surface area (Å²) in [7, 11) is -3.63. The van der Waals surface area contributed by atoms with Crippen LogP contribution in [0.1, 0.15) is 24.7 Å². The zero-order valence-electron chi connectivity index (χ0n) is 14.5. The summed E-state index contributed by atoms with van der Waals surface area (Å²) in [6.07, 6.45) is 1.60. The molecule has 0 unspecified atom stereocenters. The van der Waals surface area contributed by atoms with Gasteiger partial charge in [0, 0.05) is 25.1 Å². The Balaban J connectivity index is 1.43. The van der Waals surface area contributed by atoms with Crippen molar-refractivity contribution in [3.8, 4) is 11.5 Å². The highest BCUT2D eigenvalue weighted by Crippen LogP contribution is 2.36. The van der Waals surface area contributed by atoms with E-state index in [0.717, 1.165) is 23.9 Å². The second-order valence-corrected chi connectivity index (χ2v) is 8.68. The van der Waals surface area contributed by atoms with Gasteiger partial charge in [-0.05, 0) is 37.1 Å². The van der Waals surface area contributed by atoms with Crippen molar-refractivity contribution in [2.24, 2.45) is 0 Å². The highest BCUT2D eigenvalue weighted by Gasteiger charge is 2.33. The van der Waals surface area contributed by atoms with E-state index in [1.54, 1.807) is 12.1 Å². The highest BCUT2D eigenvalue weighted by molar-refractivity contribution is 7.89. The first-order valence-electron chi connectivity index (χ1n) is 8.86. The van der Waals surface area contributed by atoms with Gasteiger partial charge < -0.3 is 13.9 Å². The summed E-state index contributed by atoms with van der Waals surface area (Å²) >= 11 is 0. The topological polar surface area (TPSA) is 81.9 Å². The van der Waals surface area contributed by atoms with E-state index in [4.69, 9.17) is 13.9 Å². The molecule has 5 rings (SSSR count). The van der Waals surface area contributed by atoms with Crippen molar-refractivity contribution in [1.29, 1.82) is 0 Å². The molecule has 3 heterocycles. The molecule has 3 aromatic rings. The highest BCUT2D eigenvalue weighted by atomic mass is 32.2. The average molecular weight is 386 g/mol. The Kier molecular flexibility index (Phi) is 3.84. The fourth-order valence-corrected chi connectivity index (χ4v) is 5.15. The Morgan fingerprint density at radius 1 is 1.07 bits per heavy atom. The fraction of sp³-hybridized carbons (Fsp3) is 0.316. The lowest BCUT2D eigenvalue weighted by atomic mass is 10.00. The largest absolute Gasteiger partial charge is 0.454 e. The van der Waals surface area contributed by atoms with E-state index in [-0.39, 0.29) is 17.6 Å². The van der Waals surface area contributed by atoms with Crippen LogP contribution in [0.5, 0.6) is 11.5 Å². The van der Waals surface area contributed by atoms with Gasteiger partial charge in [0.2, 0.25) is 16.8 Å². The first-order chi connectivity index (χ1) is 13.1. The van der Waals surface area contributed by atoms with Gasteiger partial charge in [0.05, 0.1) is 4.90 Å². The molecule has 2 aromatic carbocycles. The van der Waals surface area contributed by atoms with Gasteiger partial charge in [0.15, 0.2) is 23.0 Å². The van der Waals surface area contributed by atoms with Gasteiger partial charge in [0.25, 0.3) is 0 Å². The number of benzene rings is 2. The number of para-hydroxylation sites is 2. The number of rotatable bonds is 3. The first-order valence-corrected chi connectivity index (χ1v) is 10.3. The maximum atomic E-state index is 13.1. The average Bonchev–Trinajstić information content (AvgIpc) is 3.34. The smallest absolute Gasteiger partial charge is 0.243 e. The molecule has 2 aliphatic rings. The number of nitrogens with zero attached hydrogens (tertiary/aromatic N) is 2. The van der Waals surface area contributed by atoms with E-state index >= 15 is 0 Å².